The van der Waals surface area contributed by atoms with Gasteiger partial charge in [-0.1, -0.05) is 42.3 Å². The molecule has 0 saturated carbocycles. The first-order valence-corrected chi connectivity index (χ1v) is 16.7. The van der Waals surface area contributed by atoms with Crippen molar-refractivity contribution in [3.8, 4) is 0 Å². The number of amides is 2. The summed E-state index contributed by atoms with van der Waals surface area (Å²) in [5, 5.41) is 7.39. The minimum absolute atomic E-state index is 0.0857. The van der Waals surface area contributed by atoms with Crippen molar-refractivity contribution in [3.05, 3.63) is 61.9 Å². The van der Waals surface area contributed by atoms with Crippen LogP contribution in [-0.2, 0) is 39.8 Å². The molecule has 1 N–H and O–H groups in total. The van der Waals surface area contributed by atoms with E-state index in [1.165, 1.54) is 28.0 Å². The van der Waals surface area contributed by atoms with Gasteiger partial charge in [-0.15, -0.1) is 23.1 Å². The molecule has 1 aromatic heterocycles. The number of halogens is 1. The fourth-order valence-corrected chi connectivity index (χ4v) is 6.52. The zero-order valence-electron chi connectivity index (χ0n) is 25.9. The minimum Gasteiger partial charge on any atom is -0.461 e. The van der Waals surface area contributed by atoms with Crippen molar-refractivity contribution in [3.63, 3.8) is 0 Å². The third-order valence-corrected chi connectivity index (χ3v) is 9.17. The first-order chi connectivity index (χ1) is 21.4. The Labute approximate surface area is 276 Å². The summed E-state index contributed by atoms with van der Waals surface area (Å²) >= 11 is 8.97. The van der Waals surface area contributed by atoms with E-state index in [1.807, 2.05) is 43.5 Å². The van der Waals surface area contributed by atoms with Gasteiger partial charge in [0, 0.05) is 42.6 Å². The molecule has 1 aliphatic rings. The standard InChI is InChI=1S/C31H38ClN3O8S2/c1-6-41-31(40)24-17-45-29(34-24)25-12-9-13-35(25)30(39)27(43-21(5)37)26(42-20(4)36)28(38)33-15-19(3)44-16-18(2)14-22-10-7-8-11-23(22)32/h7-8,10-11,16-17,19,25-27H,6,9,12-15H2,1-5H3,(H,33,38)/b18-16+/t19?,25-,26-,27?/m1/s1. The number of nitrogens with zero attached hydrogens (tertiary/aromatic N) is 2. The lowest BCUT2D eigenvalue weighted by molar-refractivity contribution is -0.178. The van der Waals surface area contributed by atoms with Gasteiger partial charge in [0.05, 0.1) is 12.6 Å². The van der Waals surface area contributed by atoms with Gasteiger partial charge in [-0.05, 0) is 50.1 Å². The summed E-state index contributed by atoms with van der Waals surface area (Å²) in [5.41, 5.74) is 2.22. The van der Waals surface area contributed by atoms with Crippen molar-refractivity contribution in [1.29, 1.82) is 0 Å². The van der Waals surface area contributed by atoms with Crippen molar-refractivity contribution in [2.45, 2.75) is 77.4 Å². The maximum atomic E-state index is 13.9. The van der Waals surface area contributed by atoms with Gasteiger partial charge in [0.25, 0.3) is 11.8 Å². The summed E-state index contributed by atoms with van der Waals surface area (Å²) in [7, 11) is 0. The topological polar surface area (TPSA) is 141 Å². The first kappa shape index (κ1) is 36.1. The number of rotatable bonds is 14. The van der Waals surface area contributed by atoms with Crippen LogP contribution < -0.4 is 5.32 Å². The number of allylic oxidation sites excluding steroid dienone is 1. The number of ether oxygens (including phenoxy) is 3. The molecular formula is C31H38ClN3O8S2. The summed E-state index contributed by atoms with van der Waals surface area (Å²) in [5.74, 6) is -3.70. The average Bonchev–Trinajstić information content (AvgIpc) is 3.68. The van der Waals surface area contributed by atoms with Gasteiger partial charge in [-0.25, -0.2) is 9.78 Å². The van der Waals surface area contributed by atoms with E-state index in [2.05, 4.69) is 10.3 Å². The molecular weight excluding hydrogens is 642 g/mol. The first-order valence-electron chi connectivity index (χ1n) is 14.5. The third kappa shape index (κ3) is 10.6. The van der Waals surface area contributed by atoms with Crippen molar-refractivity contribution in [2.24, 2.45) is 0 Å². The predicted octanol–water partition coefficient (Wildman–Crippen LogP) is 4.88. The van der Waals surface area contributed by atoms with Crippen LogP contribution in [0, 0.1) is 0 Å². The molecule has 0 spiro atoms. The number of esters is 3. The summed E-state index contributed by atoms with van der Waals surface area (Å²) in [4.78, 5) is 69.3. The molecule has 2 heterocycles. The monoisotopic (exact) mass is 679 g/mol. The van der Waals surface area contributed by atoms with Gasteiger partial charge < -0.3 is 24.4 Å². The third-order valence-electron chi connectivity index (χ3n) is 6.68. The van der Waals surface area contributed by atoms with E-state index in [4.69, 9.17) is 25.8 Å². The molecule has 0 aliphatic carbocycles. The van der Waals surface area contributed by atoms with Crippen LogP contribution in [0.1, 0.15) is 74.6 Å². The lowest BCUT2D eigenvalue weighted by Gasteiger charge is -2.31. The van der Waals surface area contributed by atoms with Crippen LogP contribution >= 0.6 is 34.7 Å². The van der Waals surface area contributed by atoms with Crippen LogP contribution in [-0.4, -0.2) is 76.8 Å². The molecule has 1 aromatic carbocycles. The highest BCUT2D eigenvalue weighted by molar-refractivity contribution is 8.02. The minimum atomic E-state index is -1.72. The van der Waals surface area contributed by atoms with Crippen LogP contribution in [0.2, 0.25) is 5.02 Å². The predicted molar refractivity (Wildman–Crippen MR) is 172 cm³/mol. The fourth-order valence-electron chi connectivity index (χ4n) is 4.65. The molecule has 45 heavy (non-hydrogen) atoms. The van der Waals surface area contributed by atoms with Gasteiger partial charge in [0.2, 0.25) is 12.2 Å². The normalized spacial score (nSPS) is 16.8. The highest BCUT2D eigenvalue weighted by Gasteiger charge is 2.45. The number of hydrogen-bond donors (Lipinski definition) is 1. The molecule has 0 radical (unpaired) electrons. The Hall–Kier alpha value is -3.42. The number of carbonyl (C=O) groups excluding carboxylic acids is 5. The largest absolute Gasteiger partial charge is 0.461 e. The Bertz CT molecular complexity index is 1410. The summed E-state index contributed by atoms with van der Waals surface area (Å²) in [6.07, 6.45) is -1.62. The van der Waals surface area contributed by atoms with E-state index in [0.717, 1.165) is 25.0 Å². The molecule has 2 unspecified atom stereocenters. The summed E-state index contributed by atoms with van der Waals surface area (Å²) in [6, 6.07) is 7.08. The van der Waals surface area contributed by atoms with Gasteiger partial charge in [-0.2, -0.15) is 0 Å². The van der Waals surface area contributed by atoms with Gasteiger partial charge in [0.15, 0.2) is 5.69 Å². The summed E-state index contributed by atoms with van der Waals surface area (Å²) in [6.45, 7) is 8.46. The number of aromatic nitrogens is 1. The quantitative estimate of drug-likeness (QED) is 0.217. The second-order valence-corrected chi connectivity index (χ2v) is 13.1. The molecule has 4 atom stereocenters. The van der Waals surface area contributed by atoms with Crippen LogP contribution in [0.25, 0.3) is 0 Å². The van der Waals surface area contributed by atoms with Crippen molar-refractivity contribution < 1.29 is 38.2 Å². The Morgan fingerprint density at radius 3 is 2.49 bits per heavy atom. The Morgan fingerprint density at radius 2 is 1.82 bits per heavy atom. The maximum Gasteiger partial charge on any atom is 0.357 e. The number of hydrogen-bond acceptors (Lipinski definition) is 11. The molecule has 1 saturated heterocycles. The second-order valence-electron chi connectivity index (χ2n) is 10.5. The zero-order chi connectivity index (χ0) is 33.1. The van der Waals surface area contributed by atoms with Crippen LogP contribution in [0.4, 0.5) is 0 Å². The lowest BCUT2D eigenvalue weighted by Crippen LogP contribution is -2.54. The SMILES string of the molecule is CCOC(=O)c1csc([C@H]2CCCN2C(=O)C(OC(C)=O)[C@@H](OC(C)=O)C(=O)NCC(C)S/C=C(\C)Cc2ccccc2Cl)n1. The van der Waals surface area contributed by atoms with Crippen LogP contribution in [0.15, 0.2) is 40.6 Å². The van der Waals surface area contributed by atoms with Crippen LogP contribution in [0.3, 0.4) is 0 Å². The van der Waals surface area contributed by atoms with E-state index < -0.39 is 48.0 Å². The van der Waals surface area contributed by atoms with Gasteiger partial charge in [0.1, 0.15) is 5.01 Å². The van der Waals surface area contributed by atoms with E-state index in [9.17, 15) is 24.0 Å². The number of thiazole rings is 1. The molecule has 14 heteroatoms. The van der Waals surface area contributed by atoms with Crippen molar-refractivity contribution in [2.75, 3.05) is 19.7 Å². The van der Waals surface area contributed by atoms with E-state index >= 15 is 0 Å². The van der Waals surface area contributed by atoms with E-state index in [-0.39, 0.29) is 30.6 Å². The molecule has 2 amide bonds. The Balaban J connectivity index is 1.72. The van der Waals surface area contributed by atoms with Crippen molar-refractivity contribution >= 4 is 64.4 Å². The van der Waals surface area contributed by atoms with E-state index in [1.54, 1.807) is 12.3 Å². The van der Waals surface area contributed by atoms with Crippen LogP contribution in [0.5, 0.6) is 0 Å². The molecule has 2 aromatic rings. The molecule has 3 rings (SSSR count). The lowest BCUT2D eigenvalue weighted by atomic mass is 10.1. The maximum absolute atomic E-state index is 13.9. The molecule has 244 valence electrons. The number of nitrogens with one attached hydrogen (secondary N) is 1. The average molecular weight is 680 g/mol. The highest BCUT2D eigenvalue weighted by atomic mass is 35.5. The summed E-state index contributed by atoms with van der Waals surface area (Å²) < 4.78 is 15.6. The van der Waals surface area contributed by atoms with Gasteiger partial charge >= 0.3 is 17.9 Å². The molecule has 1 fully saturated rings. The van der Waals surface area contributed by atoms with Gasteiger partial charge in [-0.3, -0.25) is 19.2 Å². The highest BCUT2D eigenvalue weighted by Crippen LogP contribution is 2.35. The van der Waals surface area contributed by atoms with E-state index in [0.29, 0.717) is 29.3 Å². The molecule has 1 aliphatic heterocycles. The Kier molecular flexibility index (Phi) is 13.9. The second kappa shape index (κ2) is 17.3. The molecule has 0 bridgehead atoms. The Morgan fingerprint density at radius 1 is 1.13 bits per heavy atom. The molecule has 11 nitrogen and oxygen atoms in total. The smallest absolute Gasteiger partial charge is 0.357 e. The number of carbonyl (C=O) groups is 5. The fraction of sp³-hybridized carbons (Fsp3) is 0.484. The van der Waals surface area contributed by atoms with Crippen molar-refractivity contribution in [1.82, 2.24) is 15.2 Å². The zero-order valence-corrected chi connectivity index (χ0v) is 28.3. The number of benzene rings is 1. The number of likely N-dealkylation sites (tertiary alicyclic amines) is 1. The number of thioether (sulfide) groups is 1.